The minimum absolute atomic E-state index is 0.0492. The van der Waals surface area contributed by atoms with Crippen LogP contribution in [0.1, 0.15) is 43.2 Å². The number of oxazole rings is 1. The number of amides is 2. The van der Waals surface area contributed by atoms with Crippen LogP contribution in [0.25, 0.3) is 0 Å². The van der Waals surface area contributed by atoms with Crippen molar-refractivity contribution >= 4 is 11.9 Å². The van der Waals surface area contributed by atoms with Gasteiger partial charge in [-0.25, -0.2) is 9.78 Å². The average molecular weight is 345 g/mol. The first kappa shape index (κ1) is 16.2. The first-order chi connectivity index (χ1) is 12.2. The van der Waals surface area contributed by atoms with E-state index in [1.807, 2.05) is 4.90 Å². The molecule has 8 heteroatoms. The zero-order valence-corrected chi connectivity index (χ0v) is 14.2. The van der Waals surface area contributed by atoms with Gasteiger partial charge >= 0.3 is 6.03 Å². The number of nitriles is 1. The van der Waals surface area contributed by atoms with E-state index in [9.17, 15) is 10.1 Å². The quantitative estimate of drug-likeness (QED) is 0.887. The SMILES string of the molecule is N#Cc1nc(C2CC2)oc1N1CCN(C(=O)NCC2CCCO2)CC1. The maximum absolute atomic E-state index is 12.3. The predicted octanol–water partition coefficient (Wildman–Crippen LogP) is 1.43. The first-order valence-corrected chi connectivity index (χ1v) is 9.04. The number of urea groups is 1. The molecule has 1 aliphatic carbocycles. The van der Waals surface area contributed by atoms with Gasteiger partial charge in [0.15, 0.2) is 0 Å². The monoisotopic (exact) mass is 345 g/mol. The molecule has 2 saturated heterocycles. The third-order valence-electron chi connectivity index (χ3n) is 5.02. The number of nitrogens with one attached hydrogen (secondary N) is 1. The zero-order chi connectivity index (χ0) is 17.2. The van der Waals surface area contributed by atoms with E-state index >= 15 is 0 Å². The van der Waals surface area contributed by atoms with Gasteiger partial charge in [0.25, 0.3) is 0 Å². The lowest BCUT2D eigenvalue weighted by atomic mass is 10.2. The molecule has 1 aromatic rings. The molecule has 3 aliphatic rings. The molecule has 1 unspecified atom stereocenters. The van der Waals surface area contributed by atoms with Gasteiger partial charge in [-0.1, -0.05) is 0 Å². The molecule has 3 fully saturated rings. The third kappa shape index (κ3) is 3.56. The molecule has 1 N–H and O–H groups in total. The maximum Gasteiger partial charge on any atom is 0.317 e. The van der Waals surface area contributed by atoms with Crippen LogP contribution in [-0.2, 0) is 4.74 Å². The van der Waals surface area contributed by atoms with E-state index in [2.05, 4.69) is 16.4 Å². The lowest BCUT2D eigenvalue weighted by Gasteiger charge is -2.34. The highest BCUT2D eigenvalue weighted by atomic mass is 16.5. The van der Waals surface area contributed by atoms with E-state index in [1.54, 1.807) is 4.90 Å². The van der Waals surface area contributed by atoms with Gasteiger partial charge in [0.05, 0.1) is 6.10 Å². The summed E-state index contributed by atoms with van der Waals surface area (Å²) < 4.78 is 11.4. The number of piperazine rings is 1. The van der Waals surface area contributed by atoms with Crippen LogP contribution in [0.5, 0.6) is 0 Å². The smallest absolute Gasteiger partial charge is 0.317 e. The fourth-order valence-corrected chi connectivity index (χ4v) is 3.35. The summed E-state index contributed by atoms with van der Waals surface area (Å²) in [6.45, 7) is 3.84. The minimum atomic E-state index is -0.0492. The fraction of sp³-hybridized carbons (Fsp3) is 0.706. The second kappa shape index (κ2) is 6.92. The number of hydrogen-bond acceptors (Lipinski definition) is 6. The molecule has 8 nitrogen and oxygen atoms in total. The number of rotatable bonds is 4. The molecule has 4 rings (SSSR count). The van der Waals surface area contributed by atoms with Crippen LogP contribution in [0.4, 0.5) is 10.7 Å². The van der Waals surface area contributed by atoms with Crippen LogP contribution in [0.3, 0.4) is 0 Å². The summed E-state index contributed by atoms with van der Waals surface area (Å²) in [5.74, 6) is 1.62. The van der Waals surface area contributed by atoms with Gasteiger partial charge < -0.3 is 24.3 Å². The van der Waals surface area contributed by atoms with Crippen molar-refractivity contribution in [3.8, 4) is 6.07 Å². The van der Waals surface area contributed by atoms with Crippen molar-refractivity contribution in [1.82, 2.24) is 15.2 Å². The highest BCUT2D eigenvalue weighted by Crippen LogP contribution is 2.41. The van der Waals surface area contributed by atoms with Gasteiger partial charge in [0.2, 0.25) is 17.5 Å². The largest absolute Gasteiger partial charge is 0.423 e. The van der Waals surface area contributed by atoms with Crippen molar-refractivity contribution < 1.29 is 13.9 Å². The summed E-state index contributed by atoms with van der Waals surface area (Å²) in [7, 11) is 0. The van der Waals surface area contributed by atoms with Crippen LogP contribution >= 0.6 is 0 Å². The summed E-state index contributed by atoms with van der Waals surface area (Å²) in [6.07, 6.45) is 4.41. The Morgan fingerprint density at radius 1 is 1.28 bits per heavy atom. The van der Waals surface area contributed by atoms with E-state index in [-0.39, 0.29) is 12.1 Å². The molecule has 0 radical (unpaired) electrons. The molecule has 3 heterocycles. The normalized spacial score (nSPS) is 23.6. The first-order valence-electron chi connectivity index (χ1n) is 9.04. The summed E-state index contributed by atoms with van der Waals surface area (Å²) in [5, 5.41) is 12.2. The van der Waals surface area contributed by atoms with Crippen molar-refractivity contribution in [1.29, 1.82) is 5.26 Å². The minimum Gasteiger partial charge on any atom is -0.423 e. The molecule has 134 valence electrons. The van der Waals surface area contributed by atoms with Crippen LogP contribution in [0.15, 0.2) is 4.42 Å². The number of hydrogen-bond donors (Lipinski definition) is 1. The van der Waals surface area contributed by atoms with Gasteiger partial charge in [0.1, 0.15) is 6.07 Å². The molecular formula is C17H23N5O3. The lowest BCUT2D eigenvalue weighted by molar-refractivity contribution is 0.108. The lowest BCUT2D eigenvalue weighted by Crippen LogP contribution is -2.52. The Bertz CT molecular complexity index is 664. The zero-order valence-electron chi connectivity index (χ0n) is 14.2. The molecule has 1 saturated carbocycles. The Morgan fingerprint density at radius 3 is 2.72 bits per heavy atom. The fourth-order valence-electron chi connectivity index (χ4n) is 3.35. The molecule has 0 bridgehead atoms. The van der Waals surface area contributed by atoms with E-state index in [0.29, 0.717) is 56.1 Å². The Morgan fingerprint density at radius 2 is 2.08 bits per heavy atom. The summed E-state index contributed by atoms with van der Waals surface area (Å²) in [4.78, 5) is 20.4. The molecule has 25 heavy (non-hydrogen) atoms. The van der Waals surface area contributed by atoms with E-state index in [1.165, 1.54) is 0 Å². The van der Waals surface area contributed by atoms with Crippen molar-refractivity contribution in [2.75, 3.05) is 44.2 Å². The number of carbonyl (C=O) groups excluding carboxylic acids is 1. The van der Waals surface area contributed by atoms with Crippen LogP contribution < -0.4 is 10.2 Å². The molecule has 0 spiro atoms. The molecule has 2 aliphatic heterocycles. The van der Waals surface area contributed by atoms with Gasteiger partial charge in [-0.05, 0) is 25.7 Å². The van der Waals surface area contributed by atoms with Gasteiger partial charge in [-0.15, -0.1) is 0 Å². The number of nitrogens with zero attached hydrogens (tertiary/aromatic N) is 4. The van der Waals surface area contributed by atoms with Crippen molar-refractivity contribution in [3.05, 3.63) is 11.6 Å². The van der Waals surface area contributed by atoms with Crippen molar-refractivity contribution in [3.63, 3.8) is 0 Å². The standard InChI is InChI=1S/C17H23N5O3/c18-10-14-16(25-15(20-14)12-3-4-12)21-5-7-22(8-6-21)17(23)19-11-13-2-1-9-24-13/h12-13H,1-9,11H2,(H,19,23). The van der Waals surface area contributed by atoms with Crippen LogP contribution in [-0.4, -0.2) is 61.3 Å². The van der Waals surface area contributed by atoms with E-state index in [4.69, 9.17) is 9.15 Å². The van der Waals surface area contributed by atoms with Crippen molar-refractivity contribution in [2.24, 2.45) is 0 Å². The highest BCUT2D eigenvalue weighted by molar-refractivity contribution is 5.74. The van der Waals surface area contributed by atoms with Crippen LogP contribution in [0.2, 0.25) is 0 Å². The second-order valence-corrected chi connectivity index (χ2v) is 6.89. The number of anilines is 1. The Labute approximate surface area is 146 Å². The predicted molar refractivity (Wildman–Crippen MR) is 89.4 cm³/mol. The number of carbonyl (C=O) groups is 1. The Balaban J connectivity index is 1.30. The van der Waals surface area contributed by atoms with E-state index < -0.39 is 0 Å². The average Bonchev–Trinajstić information content (AvgIpc) is 3.20. The van der Waals surface area contributed by atoms with Crippen LogP contribution in [0, 0.1) is 11.3 Å². The van der Waals surface area contributed by atoms with Crippen molar-refractivity contribution in [2.45, 2.75) is 37.7 Å². The number of ether oxygens (including phenoxy) is 1. The third-order valence-corrected chi connectivity index (χ3v) is 5.02. The van der Waals surface area contributed by atoms with E-state index in [0.717, 1.165) is 32.3 Å². The highest BCUT2D eigenvalue weighted by Gasteiger charge is 2.32. The maximum atomic E-state index is 12.3. The van der Waals surface area contributed by atoms with Gasteiger partial charge in [0, 0.05) is 45.2 Å². The summed E-state index contributed by atoms with van der Waals surface area (Å²) >= 11 is 0. The van der Waals surface area contributed by atoms with Gasteiger partial charge in [-0.3, -0.25) is 0 Å². The molecule has 2 amide bonds. The summed E-state index contributed by atoms with van der Waals surface area (Å²) in [5.41, 5.74) is 0.359. The molecule has 1 aromatic heterocycles. The topological polar surface area (TPSA) is 94.6 Å². The molecule has 0 aromatic carbocycles. The second-order valence-electron chi connectivity index (χ2n) is 6.89. The summed E-state index contributed by atoms with van der Waals surface area (Å²) in [6, 6.07) is 2.08. The number of aromatic nitrogens is 1. The van der Waals surface area contributed by atoms with Gasteiger partial charge in [-0.2, -0.15) is 5.26 Å². The molecule has 1 atom stereocenters. The Kier molecular flexibility index (Phi) is 4.49. The Hall–Kier alpha value is -2.27. The molecular weight excluding hydrogens is 322 g/mol.